The molecule has 1 aliphatic rings. The van der Waals surface area contributed by atoms with E-state index >= 15 is 0 Å². The molecule has 0 radical (unpaired) electrons. The summed E-state index contributed by atoms with van der Waals surface area (Å²) in [4.78, 5) is 49.3. The van der Waals surface area contributed by atoms with E-state index in [-0.39, 0.29) is 24.9 Å². The van der Waals surface area contributed by atoms with Crippen LogP contribution in [0.1, 0.15) is 19.3 Å². The summed E-state index contributed by atoms with van der Waals surface area (Å²) in [5.74, 6) is -1.75. The number of carboxylic acid groups (broad SMARTS) is 1. The number of carbonyl (C=O) groups excluding carboxylic acids is 2. The largest absolute Gasteiger partial charge is 0.480 e. The third kappa shape index (κ3) is 4.45. The first-order chi connectivity index (χ1) is 11.4. The van der Waals surface area contributed by atoms with E-state index in [1.807, 2.05) is 0 Å². The predicted octanol–water partition coefficient (Wildman–Crippen LogP) is 1.72. The van der Waals surface area contributed by atoms with Crippen LogP contribution in [0.25, 0.3) is 0 Å². The molecule has 1 aromatic heterocycles. The quantitative estimate of drug-likeness (QED) is 0.238. The summed E-state index contributed by atoms with van der Waals surface area (Å²) >= 11 is 0. The lowest BCUT2D eigenvalue weighted by molar-refractivity contribution is -0.385. The van der Waals surface area contributed by atoms with Crippen molar-refractivity contribution in [2.75, 3.05) is 5.75 Å². The van der Waals surface area contributed by atoms with Crippen molar-refractivity contribution >= 4 is 45.1 Å². The molecule has 2 amide bonds. The number of pyridine rings is 1. The van der Waals surface area contributed by atoms with Crippen molar-refractivity contribution in [1.29, 1.82) is 0 Å². The van der Waals surface area contributed by atoms with Crippen molar-refractivity contribution < 1.29 is 24.4 Å². The third-order valence-electron chi connectivity index (χ3n) is 3.24. The molecule has 1 atom stereocenters. The molecule has 0 aliphatic carbocycles. The van der Waals surface area contributed by atoms with Crippen LogP contribution in [0.3, 0.4) is 0 Å². The zero-order valence-electron chi connectivity index (χ0n) is 12.3. The molecule has 1 aromatic rings. The summed E-state index contributed by atoms with van der Waals surface area (Å²) in [6.45, 7) is 0. The Hall–Kier alpha value is -2.14. The number of hydrogen-bond donors (Lipinski definition) is 1. The first-order valence-corrected chi connectivity index (χ1v) is 9.19. The molecule has 1 fully saturated rings. The number of hydrogen-bond acceptors (Lipinski definition) is 8. The molecule has 128 valence electrons. The van der Waals surface area contributed by atoms with Crippen LogP contribution < -0.4 is 0 Å². The second kappa shape index (κ2) is 8.11. The predicted molar refractivity (Wildman–Crippen MR) is 86.3 cm³/mol. The van der Waals surface area contributed by atoms with Crippen molar-refractivity contribution in [3.63, 3.8) is 0 Å². The van der Waals surface area contributed by atoms with Crippen molar-refractivity contribution in [2.24, 2.45) is 0 Å². The van der Waals surface area contributed by atoms with Crippen LogP contribution in [0.5, 0.6) is 0 Å². The van der Waals surface area contributed by atoms with Gasteiger partial charge in [-0.15, -0.1) is 0 Å². The van der Waals surface area contributed by atoms with E-state index < -0.39 is 28.7 Å². The van der Waals surface area contributed by atoms with Crippen LogP contribution in [0, 0.1) is 10.1 Å². The van der Waals surface area contributed by atoms with Crippen molar-refractivity contribution in [3.05, 3.63) is 28.4 Å². The average molecular weight is 371 g/mol. The van der Waals surface area contributed by atoms with Gasteiger partial charge in [0.05, 0.1) is 4.92 Å². The summed E-state index contributed by atoms with van der Waals surface area (Å²) in [5.41, 5.74) is -0.110. The second-order valence-corrected chi connectivity index (χ2v) is 7.25. The highest BCUT2D eigenvalue weighted by Gasteiger charge is 2.38. The van der Waals surface area contributed by atoms with E-state index in [4.69, 9.17) is 0 Å². The minimum atomic E-state index is -1.21. The molecule has 0 aromatic carbocycles. The smallest absolute Gasteiger partial charge is 0.326 e. The minimum absolute atomic E-state index is 0.0528. The van der Waals surface area contributed by atoms with Gasteiger partial charge in [0.15, 0.2) is 0 Å². The molecule has 24 heavy (non-hydrogen) atoms. The van der Waals surface area contributed by atoms with Gasteiger partial charge in [-0.2, -0.15) is 0 Å². The maximum Gasteiger partial charge on any atom is 0.326 e. The van der Waals surface area contributed by atoms with Crippen LogP contribution in [-0.4, -0.2) is 49.5 Å². The van der Waals surface area contributed by atoms with E-state index in [0.717, 1.165) is 11.1 Å². The van der Waals surface area contributed by atoms with Gasteiger partial charge in [-0.25, -0.2) is 9.78 Å². The summed E-state index contributed by atoms with van der Waals surface area (Å²) < 4.78 is 0. The highest BCUT2D eigenvalue weighted by atomic mass is 33.1. The first kappa shape index (κ1) is 18.2. The van der Waals surface area contributed by atoms with E-state index in [2.05, 4.69) is 4.98 Å². The monoisotopic (exact) mass is 371 g/mol. The SMILES string of the molecule is O=C(O)C(CCSSc1ccc([N+](=O)[O-])cn1)N1C(=O)CCC1=O. The molecule has 1 N–H and O–H groups in total. The number of amides is 2. The lowest BCUT2D eigenvalue weighted by atomic mass is 10.2. The van der Waals surface area contributed by atoms with E-state index in [9.17, 15) is 29.6 Å². The fraction of sp³-hybridized carbons (Fsp3) is 0.385. The Morgan fingerprint density at radius 1 is 1.38 bits per heavy atom. The lowest BCUT2D eigenvalue weighted by Crippen LogP contribution is -2.44. The van der Waals surface area contributed by atoms with Gasteiger partial charge in [0.25, 0.3) is 5.69 Å². The lowest BCUT2D eigenvalue weighted by Gasteiger charge is -2.22. The Morgan fingerprint density at radius 3 is 2.54 bits per heavy atom. The maximum absolute atomic E-state index is 11.6. The van der Waals surface area contributed by atoms with Gasteiger partial charge >= 0.3 is 5.97 Å². The highest BCUT2D eigenvalue weighted by molar-refractivity contribution is 8.76. The van der Waals surface area contributed by atoms with Crippen LogP contribution in [-0.2, 0) is 14.4 Å². The Morgan fingerprint density at radius 2 is 2.04 bits per heavy atom. The molecule has 1 aliphatic heterocycles. The van der Waals surface area contributed by atoms with E-state index in [1.165, 1.54) is 33.7 Å². The van der Waals surface area contributed by atoms with Gasteiger partial charge in [-0.05, 0) is 23.3 Å². The molecule has 0 bridgehead atoms. The molecule has 0 spiro atoms. The van der Waals surface area contributed by atoms with Gasteiger partial charge in [-0.3, -0.25) is 24.6 Å². The number of carbonyl (C=O) groups is 3. The number of rotatable bonds is 8. The number of aromatic nitrogens is 1. The Kier molecular flexibility index (Phi) is 6.15. The van der Waals surface area contributed by atoms with E-state index in [1.54, 1.807) is 0 Å². The fourth-order valence-corrected chi connectivity index (χ4v) is 4.04. The number of carboxylic acids is 1. The maximum atomic E-state index is 11.6. The molecule has 11 heteroatoms. The average Bonchev–Trinajstić information content (AvgIpc) is 2.87. The molecular weight excluding hydrogens is 358 g/mol. The highest BCUT2D eigenvalue weighted by Crippen LogP contribution is 2.31. The van der Waals surface area contributed by atoms with Crippen LogP contribution >= 0.6 is 21.6 Å². The topological polar surface area (TPSA) is 131 Å². The Bertz CT molecular complexity index is 650. The van der Waals surface area contributed by atoms with Crippen molar-refractivity contribution in [1.82, 2.24) is 9.88 Å². The first-order valence-electron chi connectivity index (χ1n) is 6.87. The van der Waals surface area contributed by atoms with E-state index in [0.29, 0.717) is 10.8 Å². The standard InChI is InChI=1S/C13H13N3O6S2/c17-11-3-4-12(18)15(11)9(13(19)20)5-6-23-24-10-2-1-8(7-14-10)16(21)22/h1-2,7,9H,3-6H2,(H,19,20). The number of imide groups is 1. The van der Waals surface area contributed by atoms with Crippen LogP contribution in [0.15, 0.2) is 23.4 Å². The van der Waals surface area contributed by atoms with Gasteiger partial charge in [0.1, 0.15) is 17.3 Å². The molecule has 2 rings (SSSR count). The summed E-state index contributed by atoms with van der Waals surface area (Å²) in [6, 6.07) is 1.67. The number of nitro groups is 1. The normalized spacial score (nSPS) is 15.6. The zero-order valence-corrected chi connectivity index (χ0v) is 13.9. The van der Waals surface area contributed by atoms with Crippen LogP contribution in [0.2, 0.25) is 0 Å². The summed E-state index contributed by atoms with van der Waals surface area (Å²) in [6.07, 6.45) is 1.37. The third-order valence-corrected chi connectivity index (χ3v) is 5.54. The van der Waals surface area contributed by atoms with Gasteiger partial charge in [0.2, 0.25) is 11.8 Å². The van der Waals surface area contributed by atoms with Crippen molar-refractivity contribution in [2.45, 2.75) is 30.3 Å². The van der Waals surface area contributed by atoms with Gasteiger partial charge in [-0.1, -0.05) is 10.8 Å². The number of aliphatic carboxylic acids is 1. The van der Waals surface area contributed by atoms with Gasteiger partial charge < -0.3 is 5.11 Å². The van der Waals surface area contributed by atoms with Crippen molar-refractivity contribution in [3.8, 4) is 0 Å². The second-order valence-electron chi connectivity index (χ2n) is 4.82. The molecule has 9 nitrogen and oxygen atoms in total. The zero-order chi connectivity index (χ0) is 17.7. The van der Waals surface area contributed by atoms with Gasteiger partial charge in [0, 0.05) is 24.7 Å². The summed E-state index contributed by atoms with van der Waals surface area (Å²) in [7, 11) is 2.54. The number of likely N-dealkylation sites (tertiary alicyclic amines) is 1. The molecule has 1 unspecified atom stereocenters. The fourth-order valence-electron chi connectivity index (χ4n) is 2.10. The minimum Gasteiger partial charge on any atom is -0.480 e. The van der Waals surface area contributed by atoms with Crippen LogP contribution in [0.4, 0.5) is 5.69 Å². The Labute approximate surface area is 144 Å². The number of nitrogens with zero attached hydrogens (tertiary/aromatic N) is 3. The molecule has 0 saturated carbocycles. The molecule has 1 saturated heterocycles. The Balaban J connectivity index is 1.85. The molecular formula is C13H13N3O6S2. The summed E-state index contributed by atoms with van der Waals surface area (Å²) in [5, 5.41) is 20.3. The molecule has 2 heterocycles.